The van der Waals surface area contributed by atoms with E-state index in [-0.39, 0.29) is 17.6 Å². The van der Waals surface area contributed by atoms with Crippen molar-refractivity contribution >= 4 is 49.9 Å². The maximum atomic E-state index is 13.3. The molecule has 0 radical (unpaired) electrons. The number of carbonyl (C=O) groups excluding carboxylic acids is 1. The minimum absolute atomic E-state index is 0.0495. The smallest absolute Gasteiger partial charge is 0.231 e. The average molecular weight is 362 g/mol. The van der Waals surface area contributed by atoms with Gasteiger partial charge in [-0.2, -0.15) is 0 Å². The third-order valence-electron chi connectivity index (χ3n) is 3.99. The minimum atomic E-state index is -0.265. The molecule has 0 atom stereocenters. The Bertz CT molecular complexity index is 923. The van der Waals surface area contributed by atoms with Crippen LogP contribution in [0, 0.1) is 11.7 Å². The van der Waals surface area contributed by atoms with Gasteiger partial charge >= 0.3 is 0 Å². The van der Waals surface area contributed by atoms with Crippen LogP contribution in [0.15, 0.2) is 42.5 Å². The van der Waals surface area contributed by atoms with Gasteiger partial charge in [0.2, 0.25) is 5.91 Å². The summed E-state index contributed by atoms with van der Waals surface area (Å²) in [6, 6.07) is 11.7. The Balaban J connectivity index is 1.42. The first-order valence-corrected chi connectivity index (χ1v) is 8.66. The monoisotopic (exact) mass is 361 g/mol. The molecule has 0 unspecified atom stereocenters. The standard InChI is InChI=1S/C17H13ClFN3OS/c18-12-3-1-2-4-13(12)20-16(23)10-8-22(9-10)17-21-14-6-5-11(19)7-15(14)24-17/h1-7,10H,8-9H2,(H,20,23). The quantitative estimate of drug-likeness (QED) is 0.761. The number of para-hydroxylation sites is 1. The zero-order chi connectivity index (χ0) is 16.7. The second-order valence-electron chi connectivity index (χ2n) is 5.68. The minimum Gasteiger partial charge on any atom is -0.346 e. The molecule has 0 saturated carbocycles. The van der Waals surface area contributed by atoms with E-state index in [2.05, 4.69) is 10.3 Å². The summed E-state index contributed by atoms with van der Waals surface area (Å²) in [5.41, 5.74) is 1.40. The molecule has 7 heteroatoms. The van der Waals surface area contributed by atoms with Crippen LogP contribution < -0.4 is 10.2 Å². The van der Waals surface area contributed by atoms with Crippen molar-refractivity contribution < 1.29 is 9.18 Å². The Morgan fingerprint density at radius 3 is 2.88 bits per heavy atom. The van der Waals surface area contributed by atoms with Crippen molar-refractivity contribution in [3.05, 3.63) is 53.3 Å². The molecule has 1 aromatic heterocycles. The highest BCUT2D eigenvalue weighted by Crippen LogP contribution is 2.33. The zero-order valence-electron chi connectivity index (χ0n) is 12.5. The molecule has 1 N–H and O–H groups in total. The second kappa shape index (κ2) is 6.03. The number of benzene rings is 2. The van der Waals surface area contributed by atoms with Gasteiger partial charge in [0.1, 0.15) is 5.82 Å². The molecular weight excluding hydrogens is 349 g/mol. The van der Waals surface area contributed by atoms with E-state index in [0.717, 1.165) is 15.3 Å². The maximum Gasteiger partial charge on any atom is 0.231 e. The summed E-state index contributed by atoms with van der Waals surface area (Å²) in [4.78, 5) is 18.8. The largest absolute Gasteiger partial charge is 0.346 e. The highest BCUT2D eigenvalue weighted by atomic mass is 35.5. The SMILES string of the molecule is O=C(Nc1ccccc1Cl)C1CN(c2nc3ccc(F)cc3s2)C1. The van der Waals surface area contributed by atoms with Crippen LogP contribution in [-0.2, 0) is 4.79 Å². The molecule has 2 heterocycles. The molecule has 3 aromatic rings. The first kappa shape index (κ1) is 15.4. The number of fused-ring (bicyclic) bond motifs is 1. The maximum absolute atomic E-state index is 13.3. The van der Waals surface area contributed by atoms with Gasteiger partial charge < -0.3 is 10.2 Å². The number of nitrogens with one attached hydrogen (secondary N) is 1. The summed E-state index contributed by atoms with van der Waals surface area (Å²) < 4.78 is 14.1. The molecule has 4 rings (SSSR count). The van der Waals surface area contributed by atoms with Gasteiger partial charge in [-0.05, 0) is 30.3 Å². The number of thiazole rings is 1. The van der Waals surface area contributed by atoms with Crippen LogP contribution in [-0.4, -0.2) is 24.0 Å². The van der Waals surface area contributed by atoms with Gasteiger partial charge in [0, 0.05) is 13.1 Å². The van der Waals surface area contributed by atoms with E-state index in [1.165, 1.54) is 23.5 Å². The fraction of sp³-hybridized carbons (Fsp3) is 0.176. The van der Waals surface area contributed by atoms with Crippen LogP contribution in [0.1, 0.15) is 0 Å². The van der Waals surface area contributed by atoms with Gasteiger partial charge in [-0.3, -0.25) is 4.79 Å². The van der Waals surface area contributed by atoms with E-state index < -0.39 is 0 Å². The fourth-order valence-electron chi connectivity index (χ4n) is 2.62. The number of hydrogen-bond acceptors (Lipinski definition) is 4. The zero-order valence-corrected chi connectivity index (χ0v) is 14.1. The first-order valence-electron chi connectivity index (χ1n) is 7.46. The number of aromatic nitrogens is 1. The highest BCUT2D eigenvalue weighted by molar-refractivity contribution is 7.22. The van der Waals surface area contributed by atoms with E-state index >= 15 is 0 Å². The first-order chi connectivity index (χ1) is 11.6. The van der Waals surface area contributed by atoms with Crippen LogP contribution in [0.2, 0.25) is 5.02 Å². The lowest BCUT2D eigenvalue weighted by Crippen LogP contribution is -2.52. The number of hydrogen-bond donors (Lipinski definition) is 1. The lowest BCUT2D eigenvalue weighted by molar-refractivity contribution is -0.120. The number of anilines is 2. The third-order valence-corrected chi connectivity index (χ3v) is 5.40. The lowest BCUT2D eigenvalue weighted by atomic mass is 10.00. The topological polar surface area (TPSA) is 45.2 Å². The number of nitrogens with zero attached hydrogens (tertiary/aromatic N) is 2. The van der Waals surface area contributed by atoms with E-state index in [1.54, 1.807) is 18.2 Å². The molecule has 24 heavy (non-hydrogen) atoms. The molecule has 122 valence electrons. The van der Waals surface area contributed by atoms with Gasteiger partial charge in [-0.1, -0.05) is 35.1 Å². The summed E-state index contributed by atoms with van der Waals surface area (Å²) in [6.07, 6.45) is 0. The Labute approximate surface area is 146 Å². The predicted octanol–water partition coefficient (Wildman–Crippen LogP) is 4.16. The Morgan fingerprint density at radius 2 is 2.08 bits per heavy atom. The van der Waals surface area contributed by atoms with Crippen LogP contribution in [0.5, 0.6) is 0 Å². The Hall–Kier alpha value is -2.18. The van der Waals surface area contributed by atoms with Crippen LogP contribution in [0.4, 0.5) is 15.2 Å². The van der Waals surface area contributed by atoms with Gasteiger partial charge in [0.25, 0.3) is 0 Å². The summed E-state index contributed by atoms with van der Waals surface area (Å²) in [6.45, 7) is 1.19. The normalized spacial score (nSPS) is 14.7. The predicted molar refractivity (Wildman–Crippen MR) is 95.4 cm³/mol. The van der Waals surface area contributed by atoms with Crippen molar-refractivity contribution in [1.82, 2.24) is 4.98 Å². The molecule has 1 fully saturated rings. The fourth-order valence-corrected chi connectivity index (χ4v) is 3.81. The molecule has 0 spiro atoms. The molecule has 1 aliphatic rings. The molecular formula is C17H13ClFN3OS. The summed E-state index contributed by atoms with van der Waals surface area (Å²) in [5, 5.41) is 4.19. The van der Waals surface area contributed by atoms with Gasteiger partial charge in [-0.25, -0.2) is 9.37 Å². The van der Waals surface area contributed by atoms with Crippen molar-refractivity contribution in [1.29, 1.82) is 0 Å². The van der Waals surface area contributed by atoms with E-state index in [4.69, 9.17) is 11.6 Å². The third kappa shape index (κ3) is 2.83. The van der Waals surface area contributed by atoms with Crippen molar-refractivity contribution in [3.63, 3.8) is 0 Å². The number of carbonyl (C=O) groups is 1. The molecule has 1 saturated heterocycles. The van der Waals surface area contributed by atoms with Crippen molar-refractivity contribution in [2.45, 2.75) is 0 Å². The Kier molecular flexibility index (Phi) is 3.86. The molecule has 4 nitrogen and oxygen atoms in total. The molecule has 1 amide bonds. The number of amides is 1. The second-order valence-corrected chi connectivity index (χ2v) is 7.10. The van der Waals surface area contributed by atoms with E-state index in [1.807, 2.05) is 17.0 Å². The van der Waals surface area contributed by atoms with Crippen molar-refractivity contribution in [2.75, 3.05) is 23.3 Å². The van der Waals surface area contributed by atoms with Gasteiger partial charge in [-0.15, -0.1) is 0 Å². The molecule has 0 bridgehead atoms. The van der Waals surface area contributed by atoms with E-state index in [0.29, 0.717) is 23.8 Å². The number of rotatable bonds is 3. The van der Waals surface area contributed by atoms with E-state index in [9.17, 15) is 9.18 Å². The highest BCUT2D eigenvalue weighted by Gasteiger charge is 2.34. The molecule has 1 aliphatic heterocycles. The molecule has 0 aliphatic carbocycles. The lowest BCUT2D eigenvalue weighted by Gasteiger charge is -2.37. The van der Waals surface area contributed by atoms with Gasteiger partial charge in [0.05, 0.1) is 26.8 Å². The van der Waals surface area contributed by atoms with Gasteiger partial charge in [0.15, 0.2) is 5.13 Å². The summed E-state index contributed by atoms with van der Waals surface area (Å²) in [7, 11) is 0. The van der Waals surface area contributed by atoms with Crippen LogP contribution in [0.25, 0.3) is 10.2 Å². The van der Waals surface area contributed by atoms with Crippen molar-refractivity contribution in [2.24, 2.45) is 5.92 Å². The van der Waals surface area contributed by atoms with Crippen LogP contribution >= 0.6 is 22.9 Å². The molecule has 2 aromatic carbocycles. The van der Waals surface area contributed by atoms with Crippen molar-refractivity contribution in [3.8, 4) is 0 Å². The Morgan fingerprint density at radius 1 is 1.29 bits per heavy atom. The summed E-state index contributed by atoms with van der Waals surface area (Å²) in [5.74, 6) is -0.421. The average Bonchev–Trinajstić information content (AvgIpc) is 2.90. The van der Waals surface area contributed by atoms with Crippen LogP contribution in [0.3, 0.4) is 0 Å². The summed E-state index contributed by atoms with van der Waals surface area (Å²) >= 11 is 7.49. The number of halogens is 2.